The first kappa shape index (κ1) is 17.6. The Kier molecular flexibility index (Phi) is 4.85. The zero-order valence-electron chi connectivity index (χ0n) is 15.3. The summed E-state index contributed by atoms with van der Waals surface area (Å²) in [6, 6.07) is 7.49. The number of carbonyl (C=O) groups excluding carboxylic acids is 1. The van der Waals surface area contributed by atoms with Crippen LogP contribution in [0.4, 0.5) is 11.8 Å². The second kappa shape index (κ2) is 7.43. The maximum atomic E-state index is 12.8. The van der Waals surface area contributed by atoms with Gasteiger partial charge in [-0.1, -0.05) is 0 Å². The first-order chi connectivity index (χ1) is 13.1. The third-order valence-electron chi connectivity index (χ3n) is 4.57. The molecule has 0 saturated carbocycles. The van der Waals surface area contributed by atoms with Gasteiger partial charge in [0.25, 0.3) is 5.91 Å². The van der Waals surface area contributed by atoms with Gasteiger partial charge in [-0.3, -0.25) is 4.79 Å². The zero-order chi connectivity index (χ0) is 18.8. The maximum absolute atomic E-state index is 12.8. The lowest BCUT2D eigenvalue weighted by atomic mass is 10.1. The number of anilines is 2. The molecule has 1 N–H and O–H groups in total. The van der Waals surface area contributed by atoms with Gasteiger partial charge in [-0.25, -0.2) is 4.98 Å². The van der Waals surface area contributed by atoms with Gasteiger partial charge >= 0.3 is 0 Å². The Morgan fingerprint density at radius 3 is 2.67 bits per heavy atom. The molecule has 1 amide bonds. The van der Waals surface area contributed by atoms with Crippen molar-refractivity contribution in [2.75, 3.05) is 42.9 Å². The maximum Gasteiger partial charge on any atom is 0.254 e. The van der Waals surface area contributed by atoms with E-state index in [2.05, 4.69) is 28.9 Å². The number of hydrogen-bond donors (Lipinski definition) is 1. The fourth-order valence-corrected chi connectivity index (χ4v) is 3.70. The standard InChI is InChI=1S/C18H21N7OS/c1-3-19-18-20-12(2)10-16(21-18)24-6-8-25(9-7-24)17(26)13-4-5-14-15(11-13)23-27-22-14/h4-5,10-11H,3,6-9H2,1-2H3,(H,19,20,21). The molecule has 0 unspecified atom stereocenters. The van der Waals surface area contributed by atoms with Gasteiger partial charge < -0.3 is 15.1 Å². The molecule has 0 atom stereocenters. The average molecular weight is 383 g/mol. The number of aryl methyl sites for hydroxylation is 1. The Morgan fingerprint density at radius 1 is 1.11 bits per heavy atom. The molecule has 0 aliphatic carbocycles. The quantitative estimate of drug-likeness (QED) is 0.739. The summed E-state index contributed by atoms with van der Waals surface area (Å²) in [6.45, 7) is 7.58. The molecule has 1 fully saturated rings. The van der Waals surface area contributed by atoms with Crippen LogP contribution in [0.3, 0.4) is 0 Å². The Bertz CT molecular complexity index is 965. The van der Waals surface area contributed by atoms with E-state index >= 15 is 0 Å². The van der Waals surface area contributed by atoms with Gasteiger partial charge in [0.15, 0.2) is 0 Å². The topological polar surface area (TPSA) is 87.1 Å². The second-order valence-electron chi connectivity index (χ2n) is 6.47. The molecule has 1 aliphatic rings. The minimum atomic E-state index is 0.0387. The van der Waals surface area contributed by atoms with E-state index in [-0.39, 0.29) is 5.91 Å². The summed E-state index contributed by atoms with van der Waals surface area (Å²) in [5.41, 5.74) is 3.20. The zero-order valence-corrected chi connectivity index (χ0v) is 16.2. The van der Waals surface area contributed by atoms with Crippen LogP contribution in [0.15, 0.2) is 24.3 Å². The number of rotatable bonds is 4. The Morgan fingerprint density at radius 2 is 1.89 bits per heavy atom. The molecule has 8 nitrogen and oxygen atoms in total. The normalized spacial score (nSPS) is 14.6. The molecule has 1 aromatic carbocycles. The van der Waals surface area contributed by atoms with Crippen molar-refractivity contribution in [1.82, 2.24) is 23.6 Å². The van der Waals surface area contributed by atoms with E-state index in [0.29, 0.717) is 24.6 Å². The van der Waals surface area contributed by atoms with Crippen LogP contribution < -0.4 is 10.2 Å². The van der Waals surface area contributed by atoms with E-state index in [4.69, 9.17) is 0 Å². The number of piperazine rings is 1. The van der Waals surface area contributed by atoms with Crippen LogP contribution in [0.2, 0.25) is 0 Å². The number of aromatic nitrogens is 4. The molecule has 2 aromatic heterocycles. The molecule has 27 heavy (non-hydrogen) atoms. The molecule has 0 radical (unpaired) electrons. The fraction of sp³-hybridized carbons (Fsp3) is 0.389. The number of amides is 1. The SMILES string of the molecule is CCNc1nc(C)cc(N2CCN(C(=O)c3ccc4nsnc4c3)CC2)n1. The minimum Gasteiger partial charge on any atom is -0.354 e. The van der Waals surface area contributed by atoms with Crippen LogP contribution in [0.5, 0.6) is 0 Å². The first-order valence-corrected chi connectivity index (χ1v) is 9.73. The van der Waals surface area contributed by atoms with Crippen LogP contribution >= 0.6 is 11.7 Å². The number of nitrogens with one attached hydrogen (secondary N) is 1. The molecule has 0 bridgehead atoms. The van der Waals surface area contributed by atoms with Gasteiger partial charge in [0.1, 0.15) is 16.9 Å². The highest BCUT2D eigenvalue weighted by molar-refractivity contribution is 7.00. The summed E-state index contributed by atoms with van der Waals surface area (Å²) in [5.74, 6) is 1.59. The summed E-state index contributed by atoms with van der Waals surface area (Å²) >= 11 is 1.16. The highest BCUT2D eigenvalue weighted by atomic mass is 32.1. The highest BCUT2D eigenvalue weighted by Crippen LogP contribution is 2.19. The number of fused-ring (bicyclic) bond motifs is 1. The van der Waals surface area contributed by atoms with Crippen LogP contribution in [0, 0.1) is 6.92 Å². The molecule has 1 saturated heterocycles. The van der Waals surface area contributed by atoms with E-state index in [0.717, 1.165) is 53.9 Å². The fourth-order valence-electron chi connectivity index (χ4n) is 3.19. The highest BCUT2D eigenvalue weighted by Gasteiger charge is 2.23. The van der Waals surface area contributed by atoms with Crippen molar-refractivity contribution >= 4 is 40.4 Å². The Hall–Kier alpha value is -2.81. The third-order valence-corrected chi connectivity index (χ3v) is 5.12. The van der Waals surface area contributed by atoms with Gasteiger partial charge in [0.2, 0.25) is 5.95 Å². The number of hydrogen-bond acceptors (Lipinski definition) is 8. The molecular weight excluding hydrogens is 362 g/mol. The lowest BCUT2D eigenvalue weighted by molar-refractivity contribution is 0.0746. The summed E-state index contributed by atoms with van der Waals surface area (Å²) in [7, 11) is 0. The molecule has 4 rings (SSSR count). The first-order valence-electron chi connectivity index (χ1n) is 9.00. The lowest BCUT2D eigenvalue weighted by Gasteiger charge is -2.35. The smallest absolute Gasteiger partial charge is 0.254 e. The molecular formula is C18H21N7OS. The third kappa shape index (κ3) is 3.68. The van der Waals surface area contributed by atoms with Gasteiger partial charge in [0, 0.05) is 50.0 Å². The van der Waals surface area contributed by atoms with Crippen LogP contribution in [0.25, 0.3) is 11.0 Å². The summed E-state index contributed by atoms with van der Waals surface area (Å²) in [5, 5.41) is 3.17. The second-order valence-corrected chi connectivity index (χ2v) is 7.00. The van der Waals surface area contributed by atoms with Crippen molar-refractivity contribution in [1.29, 1.82) is 0 Å². The van der Waals surface area contributed by atoms with Crippen molar-refractivity contribution in [3.63, 3.8) is 0 Å². The van der Waals surface area contributed by atoms with Gasteiger partial charge in [-0.05, 0) is 32.0 Å². The van der Waals surface area contributed by atoms with E-state index in [1.807, 2.05) is 43.0 Å². The summed E-state index contributed by atoms with van der Waals surface area (Å²) in [6.07, 6.45) is 0. The van der Waals surface area contributed by atoms with Crippen LogP contribution in [0.1, 0.15) is 23.0 Å². The molecule has 3 aromatic rings. The molecule has 3 heterocycles. The molecule has 9 heteroatoms. The minimum absolute atomic E-state index is 0.0387. The summed E-state index contributed by atoms with van der Waals surface area (Å²) < 4.78 is 8.41. The van der Waals surface area contributed by atoms with Gasteiger partial charge in [0.05, 0.1) is 11.7 Å². The van der Waals surface area contributed by atoms with Gasteiger partial charge in [-0.15, -0.1) is 0 Å². The van der Waals surface area contributed by atoms with Crippen molar-refractivity contribution in [3.8, 4) is 0 Å². The summed E-state index contributed by atoms with van der Waals surface area (Å²) in [4.78, 5) is 25.9. The van der Waals surface area contributed by atoms with Crippen molar-refractivity contribution in [2.24, 2.45) is 0 Å². The number of benzene rings is 1. The predicted molar refractivity (Wildman–Crippen MR) is 106 cm³/mol. The van der Waals surface area contributed by atoms with Gasteiger partial charge in [-0.2, -0.15) is 13.7 Å². The van der Waals surface area contributed by atoms with Crippen molar-refractivity contribution < 1.29 is 4.79 Å². The van der Waals surface area contributed by atoms with E-state index in [9.17, 15) is 4.79 Å². The van der Waals surface area contributed by atoms with E-state index in [1.165, 1.54) is 0 Å². The lowest BCUT2D eigenvalue weighted by Crippen LogP contribution is -2.49. The predicted octanol–water partition coefficient (Wildman–Crippen LogP) is 2.18. The number of nitrogens with zero attached hydrogens (tertiary/aromatic N) is 6. The molecule has 0 spiro atoms. The molecule has 140 valence electrons. The Labute approximate surface area is 161 Å². The number of carbonyl (C=O) groups is 1. The van der Waals surface area contributed by atoms with E-state index < -0.39 is 0 Å². The monoisotopic (exact) mass is 383 g/mol. The Balaban J connectivity index is 1.44. The average Bonchev–Trinajstić information content (AvgIpc) is 3.15. The molecule has 1 aliphatic heterocycles. The van der Waals surface area contributed by atoms with Crippen LogP contribution in [-0.4, -0.2) is 62.2 Å². The van der Waals surface area contributed by atoms with E-state index in [1.54, 1.807) is 0 Å². The van der Waals surface area contributed by atoms with Crippen molar-refractivity contribution in [2.45, 2.75) is 13.8 Å². The van der Waals surface area contributed by atoms with Crippen LogP contribution in [-0.2, 0) is 0 Å². The largest absolute Gasteiger partial charge is 0.354 e. The van der Waals surface area contributed by atoms with Crippen molar-refractivity contribution in [3.05, 3.63) is 35.5 Å².